The molecule has 2 rings (SSSR count). The fourth-order valence-corrected chi connectivity index (χ4v) is 2.85. The molecule has 0 bridgehead atoms. The monoisotopic (exact) mass is 367 g/mol. The number of rotatable bonds is 6. The van der Waals surface area contributed by atoms with Crippen molar-refractivity contribution >= 4 is 21.8 Å². The van der Waals surface area contributed by atoms with Gasteiger partial charge in [0.15, 0.2) is 5.76 Å². The molecular weight excluding hydrogens is 353 g/mol. The zero-order valence-electron chi connectivity index (χ0n) is 12.8. The molecule has 10 heteroatoms. The van der Waals surface area contributed by atoms with Gasteiger partial charge in [0, 0.05) is 12.1 Å². The Bertz CT molecular complexity index is 894. The topological polar surface area (TPSA) is 118 Å². The minimum Gasteiger partial charge on any atom is -0.459 e. The molecule has 0 saturated carbocycles. The summed E-state index contributed by atoms with van der Waals surface area (Å²) in [6, 6.07) is 5.65. The van der Waals surface area contributed by atoms with Gasteiger partial charge in [-0.05, 0) is 30.3 Å². The van der Waals surface area contributed by atoms with Crippen LogP contribution in [0.2, 0.25) is 0 Å². The highest BCUT2D eigenvalue weighted by Gasteiger charge is 2.21. The van der Waals surface area contributed by atoms with E-state index < -0.39 is 32.6 Å². The predicted molar refractivity (Wildman–Crippen MR) is 85.4 cm³/mol. The molecule has 0 saturated heterocycles. The van der Waals surface area contributed by atoms with Gasteiger partial charge in [-0.25, -0.2) is 17.5 Å². The number of sulfonamides is 1. The fourth-order valence-electron chi connectivity index (χ4n) is 1.75. The number of halogens is 1. The summed E-state index contributed by atoms with van der Waals surface area (Å²) in [7, 11) is -4.15. The van der Waals surface area contributed by atoms with Gasteiger partial charge in [-0.15, -0.1) is 6.58 Å². The molecule has 3 N–H and O–H groups in total. The summed E-state index contributed by atoms with van der Waals surface area (Å²) in [4.78, 5) is 23.0. The second-order valence-corrected chi connectivity index (χ2v) is 6.41. The normalized spacial score (nSPS) is 10.9. The van der Waals surface area contributed by atoms with E-state index in [0.717, 1.165) is 18.2 Å². The second kappa shape index (κ2) is 7.73. The van der Waals surface area contributed by atoms with Crippen LogP contribution in [0.5, 0.6) is 0 Å². The van der Waals surface area contributed by atoms with Gasteiger partial charge in [-0.1, -0.05) is 6.08 Å². The largest absolute Gasteiger partial charge is 0.459 e. The van der Waals surface area contributed by atoms with Gasteiger partial charge in [0.2, 0.25) is 10.0 Å². The van der Waals surface area contributed by atoms with Gasteiger partial charge >= 0.3 is 5.91 Å². The molecule has 2 aromatic rings. The minimum absolute atomic E-state index is 0.0312. The maximum atomic E-state index is 13.8. The average Bonchev–Trinajstić information content (AvgIpc) is 3.12. The Balaban J connectivity index is 2.14. The van der Waals surface area contributed by atoms with Crippen LogP contribution >= 0.6 is 0 Å². The molecular formula is C15H14FN3O5S. The van der Waals surface area contributed by atoms with E-state index in [2.05, 4.69) is 22.2 Å². The van der Waals surface area contributed by atoms with Gasteiger partial charge < -0.3 is 4.42 Å². The molecule has 0 fully saturated rings. The third-order valence-corrected chi connectivity index (χ3v) is 4.37. The summed E-state index contributed by atoms with van der Waals surface area (Å²) in [6.45, 7) is 3.26. The number of nitrogens with one attached hydrogen (secondary N) is 3. The molecule has 25 heavy (non-hydrogen) atoms. The van der Waals surface area contributed by atoms with Crippen LogP contribution in [-0.2, 0) is 10.0 Å². The van der Waals surface area contributed by atoms with E-state index in [1.165, 1.54) is 24.5 Å². The van der Waals surface area contributed by atoms with E-state index in [0.29, 0.717) is 0 Å². The van der Waals surface area contributed by atoms with Crippen molar-refractivity contribution in [3.8, 4) is 0 Å². The third-order valence-electron chi connectivity index (χ3n) is 2.94. The number of furan rings is 1. The third kappa shape index (κ3) is 4.52. The molecule has 0 unspecified atom stereocenters. The van der Waals surface area contributed by atoms with Crippen LogP contribution in [-0.4, -0.2) is 26.8 Å². The Morgan fingerprint density at radius 3 is 2.56 bits per heavy atom. The Hall–Kier alpha value is -2.98. The predicted octanol–water partition coefficient (Wildman–Crippen LogP) is 0.958. The number of hydrogen-bond acceptors (Lipinski definition) is 5. The van der Waals surface area contributed by atoms with Crippen molar-refractivity contribution in [1.29, 1.82) is 0 Å². The molecule has 0 spiro atoms. The molecule has 1 heterocycles. The van der Waals surface area contributed by atoms with Gasteiger partial charge in [-0.2, -0.15) is 0 Å². The summed E-state index contributed by atoms with van der Waals surface area (Å²) < 4.78 is 44.7. The van der Waals surface area contributed by atoms with Crippen LogP contribution in [0.25, 0.3) is 0 Å². The molecule has 0 atom stereocenters. The van der Waals surface area contributed by atoms with Crippen LogP contribution in [0.1, 0.15) is 20.9 Å². The van der Waals surface area contributed by atoms with Crippen molar-refractivity contribution in [2.75, 3.05) is 6.54 Å². The highest BCUT2D eigenvalue weighted by Crippen LogP contribution is 2.16. The number of carbonyl (C=O) groups is 2. The zero-order chi connectivity index (χ0) is 18.4. The lowest BCUT2D eigenvalue weighted by Gasteiger charge is -2.09. The maximum absolute atomic E-state index is 13.8. The van der Waals surface area contributed by atoms with Crippen molar-refractivity contribution in [3.63, 3.8) is 0 Å². The van der Waals surface area contributed by atoms with Crippen molar-refractivity contribution in [2.45, 2.75) is 4.90 Å². The second-order valence-electron chi connectivity index (χ2n) is 4.67. The van der Waals surface area contributed by atoms with Crippen LogP contribution in [0, 0.1) is 5.82 Å². The van der Waals surface area contributed by atoms with Crippen molar-refractivity contribution < 1.29 is 26.8 Å². The number of benzene rings is 1. The maximum Gasteiger partial charge on any atom is 0.305 e. The zero-order valence-corrected chi connectivity index (χ0v) is 13.6. The molecule has 2 amide bonds. The first-order valence-corrected chi connectivity index (χ1v) is 8.38. The van der Waals surface area contributed by atoms with Crippen LogP contribution in [0.15, 0.2) is 58.6 Å². The van der Waals surface area contributed by atoms with E-state index in [9.17, 15) is 22.4 Å². The highest BCUT2D eigenvalue weighted by atomic mass is 32.2. The first kappa shape index (κ1) is 18.4. The summed E-state index contributed by atoms with van der Waals surface area (Å²) in [6.07, 6.45) is 2.57. The van der Waals surface area contributed by atoms with E-state index in [1.54, 1.807) is 0 Å². The highest BCUT2D eigenvalue weighted by molar-refractivity contribution is 7.89. The summed E-state index contributed by atoms with van der Waals surface area (Å²) >= 11 is 0. The Morgan fingerprint density at radius 2 is 1.92 bits per heavy atom. The lowest BCUT2D eigenvalue weighted by molar-refractivity contribution is 0.0830. The van der Waals surface area contributed by atoms with Gasteiger partial charge in [-0.3, -0.25) is 20.4 Å². The molecule has 0 aliphatic heterocycles. The summed E-state index contributed by atoms with van der Waals surface area (Å²) in [5.74, 6) is -2.59. The number of amides is 2. The Labute approximate surface area is 142 Å². The lowest BCUT2D eigenvalue weighted by Crippen LogP contribution is -2.41. The first-order valence-electron chi connectivity index (χ1n) is 6.89. The fraction of sp³-hybridized carbons (Fsp3) is 0.0667. The van der Waals surface area contributed by atoms with Crippen molar-refractivity contribution in [1.82, 2.24) is 15.6 Å². The average molecular weight is 367 g/mol. The first-order chi connectivity index (χ1) is 11.8. The number of hydrogen-bond donors (Lipinski definition) is 3. The quantitative estimate of drug-likeness (QED) is 0.519. The summed E-state index contributed by atoms with van der Waals surface area (Å²) in [5.41, 5.74) is 4.00. The van der Waals surface area contributed by atoms with Crippen LogP contribution < -0.4 is 15.6 Å². The Kier molecular flexibility index (Phi) is 5.67. The molecule has 0 aliphatic carbocycles. The lowest BCUT2D eigenvalue weighted by atomic mass is 10.2. The standard InChI is InChI=1S/C15H14FN3O5S/c1-2-7-17-25(22,23)13-9-10(5-6-11(13)16)14(20)18-19-15(21)12-4-3-8-24-12/h2-6,8-9,17H,1,7H2,(H,18,20)(H,19,21). The van der Waals surface area contributed by atoms with E-state index in [-0.39, 0.29) is 17.9 Å². The smallest absolute Gasteiger partial charge is 0.305 e. The van der Waals surface area contributed by atoms with Gasteiger partial charge in [0.05, 0.1) is 6.26 Å². The molecule has 8 nitrogen and oxygen atoms in total. The van der Waals surface area contributed by atoms with E-state index in [1.807, 2.05) is 0 Å². The molecule has 0 radical (unpaired) electrons. The molecule has 132 valence electrons. The molecule has 0 aliphatic rings. The van der Waals surface area contributed by atoms with Crippen LogP contribution in [0.3, 0.4) is 0 Å². The van der Waals surface area contributed by atoms with Crippen molar-refractivity contribution in [2.24, 2.45) is 0 Å². The van der Waals surface area contributed by atoms with Gasteiger partial charge in [0.25, 0.3) is 5.91 Å². The Morgan fingerprint density at radius 1 is 1.20 bits per heavy atom. The number of carbonyl (C=O) groups excluding carboxylic acids is 2. The SMILES string of the molecule is C=CCNS(=O)(=O)c1cc(C(=O)NNC(=O)c2ccco2)ccc1F. The van der Waals surface area contributed by atoms with E-state index in [4.69, 9.17) is 4.42 Å². The molecule has 1 aromatic carbocycles. The van der Waals surface area contributed by atoms with E-state index >= 15 is 0 Å². The summed E-state index contributed by atoms with van der Waals surface area (Å²) in [5, 5.41) is 0. The minimum atomic E-state index is -4.15. The van der Waals surface area contributed by atoms with Crippen molar-refractivity contribution in [3.05, 3.63) is 66.4 Å². The van der Waals surface area contributed by atoms with Crippen LogP contribution in [0.4, 0.5) is 4.39 Å². The number of hydrazine groups is 1. The molecule has 1 aromatic heterocycles. The van der Waals surface area contributed by atoms with Gasteiger partial charge in [0.1, 0.15) is 10.7 Å².